The van der Waals surface area contributed by atoms with E-state index < -0.39 is 97.5 Å². The minimum absolute atomic E-state index is 0.107. The number of unbranched alkanes of at least 4 members (excludes halogenated alkanes) is 48. The van der Waals surface area contributed by atoms with Gasteiger partial charge < -0.3 is 33.8 Å². The van der Waals surface area contributed by atoms with E-state index in [-0.39, 0.29) is 25.7 Å². The monoisotopic (exact) mass is 1400 g/mol. The van der Waals surface area contributed by atoms with E-state index in [9.17, 15) is 43.2 Å². The standard InChI is InChI=1S/C76H148O17P2/c1-6-9-12-15-18-20-22-24-26-28-30-32-37-41-46-51-56-61-76(81)93-72(66-87-74(79)60-55-50-45-40-36-31-29-27-25-23-21-19-16-13-10-7-2)68-91-95(84,85)89-64-70(77)63-88-94(82,83)90-67-71(65-86-73(78)59-54-49-43-17-14-11-8-3)92-75(80)62-57-52-47-42-38-34-33-35-39-44-48-53-58-69(4)5/h69-72,77H,6-68H2,1-5H3,(H,82,83)(H,84,85)/t70-,71+,72+/m0/s1. The van der Waals surface area contributed by atoms with Gasteiger partial charge in [-0.1, -0.05) is 349 Å². The van der Waals surface area contributed by atoms with Gasteiger partial charge in [0.25, 0.3) is 0 Å². The van der Waals surface area contributed by atoms with Crippen LogP contribution < -0.4 is 0 Å². The molecule has 0 spiro atoms. The highest BCUT2D eigenvalue weighted by Crippen LogP contribution is 2.45. The van der Waals surface area contributed by atoms with E-state index >= 15 is 0 Å². The predicted octanol–water partition coefficient (Wildman–Crippen LogP) is 22.5. The summed E-state index contributed by atoms with van der Waals surface area (Å²) < 4.78 is 68.4. The summed E-state index contributed by atoms with van der Waals surface area (Å²) in [6.07, 6.45) is 58.3. The van der Waals surface area contributed by atoms with Gasteiger partial charge in [0.2, 0.25) is 0 Å². The third kappa shape index (κ3) is 70.3. The number of esters is 4. The maximum absolute atomic E-state index is 13.1. The summed E-state index contributed by atoms with van der Waals surface area (Å²) >= 11 is 0. The van der Waals surface area contributed by atoms with Crippen molar-refractivity contribution in [3.05, 3.63) is 0 Å². The van der Waals surface area contributed by atoms with Gasteiger partial charge >= 0.3 is 39.5 Å². The summed E-state index contributed by atoms with van der Waals surface area (Å²) in [6.45, 7) is 7.27. The van der Waals surface area contributed by atoms with Gasteiger partial charge in [0.05, 0.1) is 26.4 Å². The van der Waals surface area contributed by atoms with Crippen LogP contribution in [0.2, 0.25) is 0 Å². The van der Waals surface area contributed by atoms with E-state index in [1.807, 2.05) is 0 Å². The number of phosphoric acid groups is 2. The fraction of sp³-hybridized carbons (Fsp3) is 0.947. The lowest BCUT2D eigenvalue weighted by atomic mass is 10.0. The van der Waals surface area contributed by atoms with Gasteiger partial charge in [0.15, 0.2) is 12.2 Å². The zero-order valence-electron chi connectivity index (χ0n) is 61.8. The lowest BCUT2D eigenvalue weighted by molar-refractivity contribution is -0.161. The fourth-order valence-corrected chi connectivity index (χ4v) is 13.3. The molecule has 0 saturated carbocycles. The summed E-state index contributed by atoms with van der Waals surface area (Å²) in [5.41, 5.74) is 0. The van der Waals surface area contributed by atoms with Crippen LogP contribution in [-0.2, 0) is 65.4 Å². The van der Waals surface area contributed by atoms with Crippen molar-refractivity contribution in [2.45, 2.75) is 419 Å². The van der Waals surface area contributed by atoms with Crippen LogP contribution >= 0.6 is 15.6 Å². The molecule has 0 rings (SSSR count). The zero-order valence-corrected chi connectivity index (χ0v) is 63.6. The molecule has 5 atom stereocenters. The van der Waals surface area contributed by atoms with Crippen molar-refractivity contribution >= 4 is 39.5 Å². The van der Waals surface area contributed by atoms with Crippen LogP contribution in [0.15, 0.2) is 0 Å². The number of rotatable bonds is 76. The van der Waals surface area contributed by atoms with E-state index in [4.69, 9.17) is 37.0 Å². The smallest absolute Gasteiger partial charge is 0.462 e. The molecule has 19 heteroatoms. The molecule has 95 heavy (non-hydrogen) atoms. The fourth-order valence-electron chi connectivity index (χ4n) is 11.7. The Morgan fingerprint density at radius 2 is 0.484 bits per heavy atom. The molecule has 0 amide bonds. The van der Waals surface area contributed by atoms with Gasteiger partial charge in [-0.25, -0.2) is 9.13 Å². The van der Waals surface area contributed by atoms with E-state index in [0.29, 0.717) is 25.7 Å². The molecule has 17 nitrogen and oxygen atoms in total. The second-order valence-electron chi connectivity index (χ2n) is 27.9. The number of hydrogen-bond acceptors (Lipinski definition) is 15. The van der Waals surface area contributed by atoms with E-state index in [0.717, 1.165) is 109 Å². The molecular weight excluding hydrogens is 1250 g/mol. The molecule has 0 radical (unpaired) electrons. The Morgan fingerprint density at radius 3 is 0.716 bits per heavy atom. The minimum Gasteiger partial charge on any atom is -0.462 e. The number of aliphatic hydroxyl groups is 1. The average molecular weight is 1400 g/mol. The molecule has 3 N–H and O–H groups in total. The number of ether oxygens (including phenoxy) is 4. The van der Waals surface area contributed by atoms with Crippen LogP contribution in [0, 0.1) is 5.92 Å². The molecule has 2 unspecified atom stereocenters. The first kappa shape index (κ1) is 93.1. The first-order valence-corrected chi connectivity index (χ1v) is 42.6. The average Bonchev–Trinajstić information content (AvgIpc) is 1.64. The molecule has 0 aromatic carbocycles. The Labute approximate surface area is 581 Å². The van der Waals surface area contributed by atoms with Crippen LogP contribution in [0.1, 0.15) is 401 Å². The topological polar surface area (TPSA) is 237 Å². The quantitative estimate of drug-likeness (QED) is 0.0222. The third-order valence-corrected chi connectivity index (χ3v) is 19.7. The predicted molar refractivity (Wildman–Crippen MR) is 386 cm³/mol. The SMILES string of the molecule is CCCCCCCCCCCCCCCCCCCC(=O)O[C@H](COC(=O)CCCCCCCCCCCCCCCCCC)COP(=O)(O)OC[C@@H](O)COP(=O)(O)OC[C@@H](COC(=O)CCCCCCCCC)OC(=O)CCCCCCCCCCCCCCC(C)C. The summed E-state index contributed by atoms with van der Waals surface area (Å²) in [4.78, 5) is 72.7. The zero-order chi connectivity index (χ0) is 69.8. The molecule has 0 aliphatic rings. The number of phosphoric ester groups is 2. The second-order valence-corrected chi connectivity index (χ2v) is 30.8. The summed E-state index contributed by atoms with van der Waals surface area (Å²) in [6, 6.07) is 0. The molecule has 0 aromatic heterocycles. The molecule has 0 fully saturated rings. The lowest BCUT2D eigenvalue weighted by Gasteiger charge is -2.21. The van der Waals surface area contributed by atoms with Crippen molar-refractivity contribution in [1.82, 2.24) is 0 Å². The Bertz CT molecular complexity index is 1820. The van der Waals surface area contributed by atoms with E-state index in [1.54, 1.807) is 0 Å². The van der Waals surface area contributed by atoms with Crippen molar-refractivity contribution in [1.29, 1.82) is 0 Å². The molecular formula is C76H148O17P2. The third-order valence-electron chi connectivity index (χ3n) is 17.8. The second kappa shape index (κ2) is 69.2. The largest absolute Gasteiger partial charge is 0.472 e. The maximum atomic E-state index is 13.1. The Hall–Kier alpha value is -1.94. The Kier molecular flexibility index (Phi) is 67.7. The molecule has 0 bridgehead atoms. The highest BCUT2D eigenvalue weighted by Gasteiger charge is 2.30. The molecule has 564 valence electrons. The number of hydrogen-bond donors (Lipinski definition) is 3. The number of carbonyl (C=O) groups is 4. The maximum Gasteiger partial charge on any atom is 0.472 e. The van der Waals surface area contributed by atoms with Crippen molar-refractivity contribution in [2.24, 2.45) is 5.92 Å². The van der Waals surface area contributed by atoms with Crippen LogP contribution in [0.3, 0.4) is 0 Å². The molecule has 0 heterocycles. The Morgan fingerprint density at radius 1 is 0.284 bits per heavy atom. The van der Waals surface area contributed by atoms with Crippen molar-refractivity contribution in [2.75, 3.05) is 39.6 Å². The van der Waals surface area contributed by atoms with Crippen LogP contribution in [0.25, 0.3) is 0 Å². The molecule has 0 aliphatic heterocycles. The van der Waals surface area contributed by atoms with Crippen molar-refractivity contribution in [3.63, 3.8) is 0 Å². The van der Waals surface area contributed by atoms with Gasteiger partial charge in [0, 0.05) is 25.7 Å². The number of aliphatic hydroxyl groups excluding tert-OH is 1. The molecule has 0 saturated heterocycles. The molecule has 0 aromatic rings. The van der Waals surface area contributed by atoms with Gasteiger partial charge in [0.1, 0.15) is 19.3 Å². The first-order chi connectivity index (χ1) is 46.0. The van der Waals surface area contributed by atoms with Gasteiger partial charge in [-0.2, -0.15) is 0 Å². The first-order valence-electron chi connectivity index (χ1n) is 39.6. The van der Waals surface area contributed by atoms with Crippen molar-refractivity contribution < 1.29 is 80.2 Å². The normalized spacial score (nSPS) is 13.9. The van der Waals surface area contributed by atoms with E-state index in [1.165, 1.54) is 212 Å². The van der Waals surface area contributed by atoms with Gasteiger partial charge in [-0.3, -0.25) is 37.3 Å². The molecule has 0 aliphatic carbocycles. The highest BCUT2D eigenvalue weighted by molar-refractivity contribution is 7.47. The van der Waals surface area contributed by atoms with E-state index in [2.05, 4.69) is 34.6 Å². The summed E-state index contributed by atoms with van der Waals surface area (Å²) in [5.74, 6) is -1.34. The van der Waals surface area contributed by atoms with Crippen LogP contribution in [-0.4, -0.2) is 96.7 Å². The van der Waals surface area contributed by atoms with Crippen molar-refractivity contribution in [3.8, 4) is 0 Å². The highest BCUT2D eigenvalue weighted by atomic mass is 31.2. The van der Waals surface area contributed by atoms with Gasteiger partial charge in [-0.05, 0) is 31.6 Å². The van der Waals surface area contributed by atoms with Gasteiger partial charge in [-0.15, -0.1) is 0 Å². The summed E-state index contributed by atoms with van der Waals surface area (Å²) in [7, 11) is -9.91. The Balaban J connectivity index is 5.19. The van der Waals surface area contributed by atoms with Crippen LogP contribution in [0.5, 0.6) is 0 Å². The summed E-state index contributed by atoms with van der Waals surface area (Å²) in [5, 5.41) is 10.6. The number of carbonyl (C=O) groups excluding carboxylic acids is 4. The van der Waals surface area contributed by atoms with Crippen LogP contribution in [0.4, 0.5) is 0 Å². The lowest BCUT2D eigenvalue weighted by Crippen LogP contribution is -2.30. The minimum atomic E-state index is -4.96.